The molecule has 1 unspecified atom stereocenters. The monoisotopic (exact) mass is 271 g/mol. The highest BCUT2D eigenvalue weighted by atomic mass is 32.1. The molecule has 1 atom stereocenters. The number of carbonyl (C=O) groups excluding carboxylic acids is 1. The molecule has 18 heavy (non-hydrogen) atoms. The fourth-order valence-corrected chi connectivity index (χ4v) is 2.55. The van der Waals surface area contributed by atoms with Crippen LogP contribution in [0.2, 0.25) is 0 Å². The lowest BCUT2D eigenvalue weighted by Gasteiger charge is -2.26. The number of rotatable bonds is 5. The van der Waals surface area contributed by atoms with Crippen LogP contribution in [0.1, 0.15) is 35.6 Å². The molecule has 1 amide bonds. The number of aryl methyl sites for hydroxylation is 1. The smallest absolute Gasteiger partial charge is 0.305 e. The molecule has 1 aromatic rings. The van der Waals surface area contributed by atoms with Crippen molar-refractivity contribution in [2.45, 2.75) is 33.2 Å². The molecule has 0 fully saturated rings. The van der Waals surface area contributed by atoms with Crippen molar-refractivity contribution in [2.24, 2.45) is 0 Å². The van der Waals surface area contributed by atoms with E-state index in [9.17, 15) is 9.59 Å². The van der Waals surface area contributed by atoms with Gasteiger partial charge in [-0.05, 0) is 20.8 Å². The lowest BCUT2D eigenvalue weighted by Crippen LogP contribution is -2.39. The van der Waals surface area contributed by atoms with Gasteiger partial charge in [0.05, 0.1) is 12.1 Å². The van der Waals surface area contributed by atoms with Crippen molar-refractivity contribution in [1.82, 2.24) is 9.88 Å². The fourth-order valence-electron chi connectivity index (χ4n) is 1.76. The van der Waals surface area contributed by atoms with Gasteiger partial charge in [-0.25, -0.2) is 4.98 Å². The third-order valence-corrected chi connectivity index (χ3v) is 3.59. The number of anilines is 1. The minimum Gasteiger partial charge on any atom is -0.481 e. The molecule has 1 rings (SSSR count). The highest BCUT2D eigenvalue weighted by Crippen LogP contribution is 2.22. The maximum atomic E-state index is 12.3. The first-order valence-electron chi connectivity index (χ1n) is 5.62. The molecule has 6 nitrogen and oxygen atoms in total. The average Bonchev–Trinajstić information content (AvgIpc) is 2.57. The van der Waals surface area contributed by atoms with Gasteiger partial charge in [0, 0.05) is 12.6 Å². The first-order chi connectivity index (χ1) is 8.36. The Labute approximate surface area is 109 Å². The SMILES string of the molecule is CCN(C(=O)c1sc(N)nc1C)C(C)CC(=O)O. The van der Waals surface area contributed by atoms with Crippen molar-refractivity contribution in [1.29, 1.82) is 0 Å². The summed E-state index contributed by atoms with van der Waals surface area (Å²) >= 11 is 1.13. The zero-order chi connectivity index (χ0) is 13.9. The van der Waals surface area contributed by atoms with Gasteiger partial charge in [-0.3, -0.25) is 9.59 Å². The van der Waals surface area contributed by atoms with Crippen LogP contribution in [0.5, 0.6) is 0 Å². The van der Waals surface area contributed by atoms with Gasteiger partial charge in [0.2, 0.25) is 0 Å². The predicted molar refractivity (Wildman–Crippen MR) is 69.7 cm³/mol. The Hall–Kier alpha value is -1.63. The van der Waals surface area contributed by atoms with Crippen molar-refractivity contribution in [2.75, 3.05) is 12.3 Å². The topological polar surface area (TPSA) is 96.5 Å². The maximum Gasteiger partial charge on any atom is 0.305 e. The summed E-state index contributed by atoms with van der Waals surface area (Å²) in [5.41, 5.74) is 6.14. The van der Waals surface area contributed by atoms with Crippen molar-refractivity contribution in [3.63, 3.8) is 0 Å². The van der Waals surface area contributed by atoms with Crippen molar-refractivity contribution in [3.05, 3.63) is 10.6 Å². The Bertz CT molecular complexity index is 458. The second-order valence-electron chi connectivity index (χ2n) is 4.00. The molecular weight excluding hydrogens is 254 g/mol. The van der Waals surface area contributed by atoms with Crippen LogP contribution in [0.4, 0.5) is 5.13 Å². The number of hydrogen-bond acceptors (Lipinski definition) is 5. The molecular formula is C11H17N3O3S. The van der Waals surface area contributed by atoms with Crippen molar-refractivity contribution in [3.8, 4) is 0 Å². The third-order valence-electron chi connectivity index (χ3n) is 2.61. The van der Waals surface area contributed by atoms with E-state index >= 15 is 0 Å². The molecule has 100 valence electrons. The van der Waals surface area contributed by atoms with E-state index in [0.29, 0.717) is 22.2 Å². The zero-order valence-electron chi connectivity index (χ0n) is 10.6. The number of carboxylic acids is 1. The molecule has 0 radical (unpaired) electrons. The van der Waals surface area contributed by atoms with Gasteiger partial charge in [-0.15, -0.1) is 0 Å². The van der Waals surface area contributed by atoms with E-state index < -0.39 is 5.97 Å². The van der Waals surface area contributed by atoms with Crippen LogP contribution < -0.4 is 5.73 Å². The van der Waals surface area contributed by atoms with Gasteiger partial charge in [-0.2, -0.15) is 0 Å². The van der Waals surface area contributed by atoms with Gasteiger partial charge in [-0.1, -0.05) is 11.3 Å². The molecule has 0 saturated carbocycles. The summed E-state index contributed by atoms with van der Waals surface area (Å²) in [6, 6.07) is -0.359. The number of aromatic nitrogens is 1. The molecule has 0 aliphatic carbocycles. The van der Waals surface area contributed by atoms with E-state index in [-0.39, 0.29) is 18.4 Å². The Morgan fingerprint density at radius 2 is 2.17 bits per heavy atom. The summed E-state index contributed by atoms with van der Waals surface area (Å²) in [7, 11) is 0. The molecule has 1 heterocycles. The van der Waals surface area contributed by atoms with Crippen LogP contribution >= 0.6 is 11.3 Å². The lowest BCUT2D eigenvalue weighted by atomic mass is 10.2. The van der Waals surface area contributed by atoms with Crippen LogP contribution in [0.15, 0.2) is 0 Å². The minimum absolute atomic E-state index is 0.0765. The highest BCUT2D eigenvalue weighted by molar-refractivity contribution is 7.17. The molecule has 0 aromatic carbocycles. The first kappa shape index (κ1) is 14.4. The van der Waals surface area contributed by atoms with Gasteiger partial charge in [0.25, 0.3) is 5.91 Å². The Balaban J connectivity index is 2.92. The van der Waals surface area contributed by atoms with Crippen LogP contribution in [0.3, 0.4) is 0 Å². The molecule has 1 aromatic heterocycles. The number of carboxylic acid groups (broad SMARTS) is 1. The molecule has 3 N–H and O–H groups in total. The van der Waals surface area contributed by atoms with Gasteiger partial charge >= 0.3 is 5.97 Å². The van der Waals surface area contributed by atoms with E-state index in [4.69, 9.17) is 10.8 Å². The van der Waals surface area contributed by atoms with Crippen LogP contribution in [-0.2, 0) is 4.79 Å². The zero-order valence-corrected chi connectivity index (χ0v) is 11.5. The normalized spacial score (nSPS) is 12.2. The molecule has 0 aliphatic rings. The predicted octanol–water partition coefficient (Wildman–Crippen LogP) is 1.36. The maximum absolute atomic E-state index is 12.3. The van der Waals surface area contributed by atoms with E-state index in [2.05, 4.69) is 4.98 Å². The van der Waals surface area contributed by atoms with Gasteiger partial charge < -0.3 is 15.7 Å². The van der Waals surface area contributed by atoms with Crippen molar-refractivity contribution < 1.29 is 14.7 Å². The van der Waals surface area contributed by atoms with E-state index in [1.165, 1.54) is 4.90 Å². The standard InChI is InChI=1S/C11H17N3O3S/c1-4-14(6(2)5-8(15)16)10(17)9-7(3)13-11(12)18-9/h6H,4-5H2,1-3H3,(H2,12,13)(H,15,16). The molecule has 7 heteroatoms. The summed E-state index contributed by atoms with van der Waals surface area (Å²) in [5.74, 6) is -1.13. The average molecular weight is 271 g/mol. The summed E-state index contributed by atoms with van der Waals surface area (Å²) in [6.45, 7) is 5.70. The summed E-state index contributed by atoms with van der Waals surface area (Å²) in [4.78, 5) is 29.0. The van der Waals surface area contributed by atoms with Gasteiger partial charge in [0.1, 0.15) is 4.88 Å². The summed E-state index contributed by atoms with van der Waals surface area (Å²) in [5, 5.41) is 9.12. The number of hydrogen-bond donors (Lipinski definition) is 2. The number of nitrogens with two attached hydrogens (primary N) is 1. The van der Waals surface area contributed by atoms with E-state index in [0.717, 1.165) is 11.3 Å². The van der Waals surface area contributed by atoms with Crippen molar-refractivity contribution >= 4 is 28.3 Å². The summed E-state index contributed by atoms with van der Waals surface area (Å²) < 4.78 is 0. The molecule has 0 bridgehead atoms. The molecule has 0 aliphatic heterocycles. The quantitative estimate of drug-likeness (QED) is 0.842. The Kier molecular flexibility index (Phi) is 4.66. The largest absolute Gasteiger partial charge is 0.481 e. The Morgan fingerprint density at radius 1 is 1.56 bits per heavy atom. The Morgan fingerprint density at radius 3 is 2.56 bits per heavy atom. The first-order valence-corrected chi connectivity index (χ1v) is 6.44. The number of nitrogens with zero attached hydrogens (tertiary/aromatic N) is 2. The number of nitrogen functional groups attached to an aromatic ring is 1. The van der Waals surface area contributed by atoms with Crippen LogP contribution in [0.25, 0.3) is 0 Å². The van der Waals surface area contributed by atoms with Gasteiger partial charge in [0.15, 0.2) is 5.13 Å². The second kappa shape index (κ2) is 5.81. The van der Waals surface area contributed by atoms with E-state index in [1.54, 1.807) is 13.8 Å². The third kappa shape index (κ3) is 3.19. The van der Waals surface area contributed by atoms with E-state index in [1.807, 2.05) is 6.92 Å². The number of aliphatic carboxylic acids is 1. The second-order valence-corrected chi connectivity index (χ2v) is 5.04. The number of carbonyl (C=O) groups is 2. The summed E-state index contributed by atoms with van der Waals surface area (Å²) in [6.07, 6.45) is -0.0765. The lowest BCUT2D eigenvalue weighted by molar-refractivity contribution is -0.138. The highest BCUT2D eigenvalue weighted by Gasteiger charge is 2.25. The van der Waals surface area contributed by atoms with Crippen LogP contribution in [0, 0.1) is 6.92 Å². The molecule has 0 saturated heterocycles. The fraction of sp³-hybridized carbons (Fsp3) is 0.545. The minimum atomic E-state index is -0.922. The number of thiazole rings is 1. The number of amides is 1. The molecule has 0 spiro atoms. The van der Waals surface area contributed by atoms with Crippen LogP contribution in [-0.4, -0.2) is 39.5 Å².